The number of guanidine groups is 1. The number of aliphatic imine (C=N–C) groups is 1. The van der Waals surface area contributed by atoms with E-state index in [9.17, 15) is 0 Å². The summed E-state index contributed by atoms with van der Waals surface area (Å²) in [6, 6.07) is 14.2. The molecule has 156 valence electrons. The van der Waals surface area contributed by atoms with Gasteiger partial charge in [0.15, 0.2) is 5.96 Å². The molecule has 0 saturated carbocycles. The standard InChI is InChI=1S/C22H26ClN7/c1-24-22(28-18-10-13-29(16-18)21-20(23)8-5-11-25-21)26-12-9-17-14-27-30(15-17)19-6-3-2-4-7-19/h2-8,11,14-15,18H,9-10,12-13,16H2,1H3,(H2,24,26,28). The van der Waals surface area contributed by atoms with E-state index in [2.05, 4.69) is 36.8 Å². The van der Waals surface area contributed by atoms with Gasteiger partial charge in [0.1, 0.15) is 5.82 Å². The molecule has 0 radical (unpaired) electrons. The lowest BCUT2D eigenvalue weighted by atomic mass is 10.2. The van der Waals surface area contributed by atoms with E-state index in [1.165, 1.54) is 5.56 Å². The van der Waals surface area contributed by atoms with E-state index in [4.69, 9.17) is 11.6 Å². The second-order valence-electron chi connectivity index (χ2n) is 7.26. The zero-order chi connectivity index (χ0) is 20.8. The zero-order valence-corrected chi connectivity index (χ0v) is 17.8. The number of para-hydroxylation sites is 1. The van der Waals surface area contributed by atoms with Gasteiger partial charge >= 0.3 is 0 Å². The fourth-order valence-electron chi connectivity index (χ4n) is 3.60. The first-order valence-electron chi connectivity index (χ1n) is 10.1. The molecule has 8 heteroatoms. The number of benzene rings is 1. The third-order valence-electron chi connectivity index (χ3n) is 5.15. The fraction of sp³-hybridized carbons (Fsp3) is 0.318. The maximum Gasteiger partial charge on any atom is 0.191 e. The van der Waals surface area contributed by atoms with Crippen LogP contribution in [-0.2, 0) is 6.42 Å². The molecule has 1 atom stereocenters. The molecule has 0 spiro atoms. The molecule has 7 nitrogen and oxygen atoms in total. The van der Waals surface area contributed by atoms with Crippen LogP contribution in [0, 0.1) is 0 Å². The first-order valence-corrected chi connectivity index (χ1v) is 10.5. The van der Waals surface area contributed by atoms with Gasteiger partial charge < -0.3 is 15.5 Å². The molecule has 3 aromatic rings. The van der Waals surface area contributed by atoms with Gasteiger partial charge in [0.25, 0.3) is 0 Å². The van der Waals surface area contributed by atoms with Gasteiger partial charge in [-0.2, -0.15) is 5.10 Å². The normalized spacial score (nSPS) is 16.7. The molecule has 1 aliphatic heterocycles. The molecule has 30 heavy (non-hydrogen) atoms. The summed E-state index contributed by atoms with van der Waals surface area (Å²) in [6.07, 6.45) is 7.64. The highest BCUT2D eigenvalue weighted by molar-refractivity contribution is 6.32. The predicted octanol–water partition coefficient (Wildman–Crippen LogP) is 2.91. The minimum atomic E-state index is 0.301. The number of hydrogen-bond acceptors (Lipinski definition) is 4. The first-order chi connectivity index (χ1) is 14.7. The Morgan fingerprint density at radius 1 is 1.23 bits per heavy atom. The number of halogens is 1. The number of aromatic nitrogens is 3. The van der Waals surface area contributed by atoms with Crippen molar-refractivity contribution in [2.24, 2.45) is 4.99 Å². The summed E-state index contributed by atoms with van der Waals surface area (Å²) in [5.41, 5.74) is 2.24. The van der Waals surface area contributed by atoms with E-state index in [1.54, 1.807) is 13.2 Å². The largest absolute Gasteiger partial charge is 0.356 e. The van der Waals surface area contributed by atoms with Crippen molar-refractivity contribution in [2.45, 2.75) is 18.9 Å². The van der Waals surface area contributed by atoms with Gasteiger partial charge in [0.2, 0.25) is 0 Å². The number of pyridine rings is 1. The van der Waals surface area contributed by atoms with Gasteiger partial charge in [0, 0.05) is 45.1 Å². The maximum atomic E-state index is 6.29. The minimum Gasteiger partial charge on any atom is -0.356 e. The van der Waals surface area contributed by atoms with Crippen molar-refractivity contribution in [3.63, 3.8) is 0 Å². The average Bonchev–Trinajstić information content (AvgIpc) is 3.44. The van der Waals surface area contributed by atoms with E-state index in [0.29, 0.717) is 11.1 Å². The monoisotopic (exact) mass is 423 g/mol. The second kappa shape index (κ2) is 9.63. The molecule has 2 aromatic heterocycles. The molecule has 1 saturated heterocycles. The van der Waals surface area contributed by atoms with E-state index < -0.39 is 0 Å². The molecule has 0 aliphatic carbocycles. The van der Waals surface area contributed by atoms with Crippen molar-refractivity contribution < 1.29 is 0 Å². The molecule has 1 aromatic carbocycles. The van der Waals surface area contributed by atoms with Crippen LogP contribution < -0.4 is 15.5 Å². The Morgan fingerprint density at radius 2 is 2.10 bits per heavy atom. The summed E-state index contributed by atoms with van der Waals surface area (Å²) in [5, 5.41) is 12.1. The summed E-state index contributed by atoms with van der Waals surface area (Å²) < 4.78 is 1.90. The molecule has 0 bridgehead atoms. The highest BCUT2D eigenvalue weighted by Crippen LogP contribution is 2.25. The van der Waals surface area contributed by atoms with Crippen LogP contribution in [0.1, 0.15) is 12.0 Å². The topological polar surface area (TPSA) is 70.4 Å². The van der Waals surface area contributed by atoms with Crippen LogP contribution in [0.15, 0.2) is 66.0 Å². The van der Waals surface area contributed by atoms with E-state index in [0.717, 1.165) is 49.9 Å². The van der Waals surface area contributed by atoms with Crippen molar-refractivity contribution in [1.29, 1.82) is 0 Å². The summed E-state index contributed by atoms with van der Waals surface area (Å²) in [5.74, 6) is 1.66. The summed E-state index contributed by atoms with van der Waals surface area (Å²) in [6.45, 7) is 2.55. The van der Waals surface area contributed by atoms with Crippen LogP contribution in [-0.4, -0.2) is 53.4 Å². The van der Waals surface area contributed by atoms with Gasteiger partial charge in [-0.1, -0.05) is 29.8 Å². The van der Waals surface area contributed by atoms with Crippen LogP contribution in [0.5, 0.6) is 0 Å². The van der Waals surface area contributed by atoms with Crippen molar-refractivity contribution >= 4 is 23.4 Å². The Bertz CT molecular complexity index is 986. The summed E-state index contributed by atoms with van der Waals surface area (Å²) >= 11 is 6.29. The third-order valence-corrected chi connectivity index (χ3v) is 5.45. The van der Waals surface area contributed by atoms with Crippen molar-refractivity contribution in [3.05, 3.63) is 71.6 Å². The molecular formula is C22H26ClN7. The summed E-state index contributed by atoms with van der Waals surface area (Å²) in [4.78, 5) is 11.0. The van der Waals surface area contributed by atoms with Gasteiger partial charge in [-0.15, -0.1) is 0 Å². The lowest BCUT2D eigenvalue weighted by molar-refractivity contribution is 0.648. The number of nitrogens with zero attached hydrogens (tertiary/aromatic N) is 5. The quantitative estimate of drug-likeness (QED) is 0.471. The fourth-order valence-corrected chi connectivity index (χ4v) is 3.85. The second-order valence-corrected chi connectivity index (χ2v) is 7.67. The predicted molar refractivity (Wildman–Crippen MR) is 122 cm³/mol. The lowest BCUT2D eigenvalue weighted by Gasteiger charge is -2.20. The molecule has 1 fully saturated rings. The van der Waals surface area contributed by atoms with Gasteiger partial charge in [-0.25, -0.2) is 9.67 Å². The number of nitrogens with one attached hydrogen (secondary N) is 2. The highest BCUT2D eigenvalue weighted by Gasteiger charge is 2.25. The molecule has 3 heterocycles. The molecule has 1 unspecified atom stereocenters. The van der Waals surface area contributed by atoms with Gasteiger partial charge in [-0.05, 0) is 42.7 Å². The Morgan fingerprint density at radius 3 is 2.90 bits per heavy atom. The van der Waals surface area contributed by atoms with Crippen LogP contribution >= 0.6 is 11.6 Å². The zero-order valence-electron chi connectivity index (χ0n) is 17.0. The van der Waals surface area contributed by atoms with Crippen LogP contribution in [0.2, 0.25) is 5.02 Å². The van der Waals surface area contributed by atoms with Gasteiger partial charge in [-0.3, -0.25) is 4.99 Å². The number of hydrogen-bond donors (Lipinski definition) is 2. The molecular weight excluding hydrogens is 398 g/mol. The van der Waals surface area contributed by atoms with Crippen molar-refractivity contribution in [1.82, 2.24) is 25.4 Å². The molecule has 2 N–H and O–H groups in total. The van der Waals surface area contributed by atoms with Crippen LogP contribution in [0.4, 0.5) is 5.82 Å². The Balaban J connectivity index is 1.25. The minimum absolute atomic E-state index is 0.301. The lowest BCUT2D eigenvalue weighted by Crippen LogP contribution is -2.45. The van der Waals surface area contributed by atoms with Crippen molar-refractivity contribution in [2.75, 3.05) is 31.6 Å². The molecule has 0 amide bonds. The molecule has 4 rings (SSSR count). The first kappa shape index (κ1) is 20.2. The Kier molecular flexibility index (Phi) is 6.49. The molecule has 1 aliphatic rings. The number of rotatable bonds is 6. The Labute approximate surface area is 181 Å². The van der Waals surface area contributed by atoms with Crippen molar-refractivity contribution in [3.8, 4) is 5.69 Å². The Hall–Kier alpha value is -3.06. The van der Waals surface area contributed by atoms with Crippen LogP contribution in [0.25, 0.3) is 5.69 Å². The highest BCUT2D eigenvalue weighted by atomic mass is 35.5. The van der Waals surface area contributed by atoms with Gasteiger partial charge in [0.05, 0.1) is 16.9 Å². The SMILES string of the molecule is CN=C(NCCc1cnn(-c2ccccc2)c1)NC1CCN(c2ncccc2Cl)C1. The average molecular weight is 424 g/mol. The summed E-state index contributed by atoms with van der Waals surface area (Å²) in [7, 11) is 1.80. The smallest absolute Gasteiger partial charge is 0.191 e. The third kappa shape index (κ3) is 4.91. The van der Waals surface area contributed by atoms with E-state index >= 15 is 0 Å². The maximum absolute atomic E-state index is 6.29. The van der Waals surface area contributed by atoms with E-state index in [-0.39, 0.29) is 0 Å². The van der Waals surface area contributed by atoms with E-state index in [1.807, 2.05) is 53.3 Å². The van der Waals surface area contributed by atoms with Crippen LogP contribution in [0.3, 0.4) is 0 Å². The number of anilines is 1.